The maximum absolute atomic E-state index is 13.7. The van der Waals surface area contributed by atoms with E-state index in [1.807, 2.05) is 0 Å². The second-order valence-corrected chi connectivity index (χ2v) is 6.62. The summed E-state index contributed by atoms with van der Waals surface area (Å²) in [7, 11) is 0. The zero-order valence-corrected chi connectivity index (χ0v) is 16.1. The van der Waals surface area contributed by atoms with Crippen molar-refractivity contribution in [1.82, 2.24) is 19.5 Å². The SMILES string of the molecule is O=C(O)c1ccc2c(c1)nc(C(F)(F)F)n2-c1cnc(NC(=O)c2cc(F)ccc2F)cn1. The second kappa shape index (κ2) is 7.93. The van der Waals surface area contributed by atoms with Crippen LogP contribution in [0.2, 0.25) is 0 Å². The average molecular weight is 463 g/mol. The molecule has 0 unspecified atom stereocenters. The van der Waals surface area contributed by atoms with E-state index in [0.29, 0.717) is 10.6 Å². The minimum Gasteiger partial charge on any atom is -0.478 e. The Balaban J connectivity index is 1.71. The van der Waals surface area contributed by atoms with E-state index in [1.54, 1.807) is 0 Å². The molecule has 0 atom stereocenters. The van der Waals surface area contributed by atoms with Gasteiger partial charge < -0.3 is 10.4 Å². The van der Waals surface area contributed by atoms with E-state index in [1.165, 1.54) is 0 Å². The number of hydrogen-bond donors (Lipinski definition) is 2. The average Bonchev–Trinajstić information content (AvgIpc) is 3.15. The Morgan fingerprint density at radius 2 is 1.76 bits per heavy atom. The van der Waals surface area contributed by atoms with Gasteiger partial charge in [0.2, 0.25) is 5.82 Å². The standard InChI is InChI=1S/C20H10F5N5O3/c21-10-2-3-12(22)11(6-10)17(31)29-15-7-27-16(8-26-15)30-14-4-1-9(18(32)33)5-13(14)28-19(30)20(23,24)25/h1-8H,(H,32,33)(H,26,29,31). The maximum atomic E-state index is 13.7. The number of imidazole rings is 1. The number of carbonyl (C=O) groups is 2. The van der Waals surface area contributed by atoms with Crippen molar-refractivity contribution in [2.75, 3.05) is 5.32 Å². The fourth-order valence-corrected chi connectivity index (χ4v) is 2.99. The molecule has 0 bridgehead atoms. The highest BCUT2D eigenvalue weighted by molar-refractivity contribution is 6.03. The molecule has 8 nitrogen and oxygen atoms in total. The van der Waals surface area contributed by atoms with Gasteiger partial charge in [0.25, 0.3) is 5.91 Å². The molecular formula is C20H10F5N5O3. The highest BCUT2D eigenvalue weighted by atomic mass is 19.4. The Hall–Kier alpha value is -4.42. The number of carbonyl (C=O) groups excluding carboxylic acids is 1. The summed E-state index contributed by atoms with van der Waals surface area (Å²) in [5.74, 6) is -6.15. The molecule has 4 rings (SSSR count). The van der Waals surface area contributed by atoms with Crippen molar-refractivity contribution in [3.63, 3.8) is 0 Å². The zero-order valence-electron chi connectivity index (χ0n) is 16.1. The molecule has 0 radical (unpaired) electrons. The predicted octanol–water partition coefficient (Wildman–Crippen LogP) is 4.06. The first-order valence-electron chi connectivity index (χ1n) is 8.96. The van der Waals surface area contributed by atoms with E-state index < -0.39 is 41.1 Å². The van der Waals surface area contributed by atoms with Crippen molar-refractivity contribution < 1.29 is 36.6 Å². The van der Waals surface area contributed by atoms with Gasteiger partial charge in [0.1, 0.15) is 11.6 Å². The number of aromatic nitrogens is 4. The Bertz CT molecular complexity index is 1400. The van der Waals surface area contributed by atoms with Gasteiger partial charge in [-0.15, -0.1) is 0 Å². The number of rotatable bonds is 4. The van der Waals surface area contributed by atoms with Gasteiger partial charge in [-0.3, -0.25) is 9.36 Å². The van der Waals surface area contributed by atoms with Crippen molar-refractivity contribution in [2.45, 2.75) is 6.18 Å². The summed E-state index contributed by atoms with van der Waals surface area (Å²) >= 11 is 0. The van der Waals surface area contributed by atoms with E-state index in [2.05, 4.69) is 20.3 Å². The van der Waals surface area contributed by atoms with Crippen LogP contribution in [0.4, 0.5) is 27.8 Å². The number of amides is 1. The molecule has 2 aromatic heterocycles. The summed E-state index contributed by atoms with van der Waals surface area (Å²) in [4.78, 5) is 34.4. The van der Waals surface area contributed by atoms with Crippen LogP contribution in [0.25, 0.3) is 16.9 Å². The van der Waals surface area contributed by atoms with Gasteiger partial charge in [-0.25, -0.2) is 28.5 Å². The summed E-state index contributed by atoms with van der Waals surface area (Å²) < 4.78 is 68.4. The number of nitrogens with one attached hydrogen (secondary N) is 1. The fourth-order valence-electron chi connectivity index (χ4n) is 2.99. The lowest BCUT2D eigenvalue weighted by Gasteiger charge is -2.11. The van der Waals surface area contributed by atoms with Crippen LogP contribution in [-0.2, 0) is 6.18 Å². The van der Waals surface area contributed by atoms with Crippen molar-refractivity contribution in [2.24, 2.45) is 0 Å². The van der Waals surface area contributed by atoms with Crippen LogP contribution < -0.4 is 5.32 Å². The first-order chi connectivity index (χ1) is 15.5. The normalized spacial score (nSPS) is 11.5. The van der Waals surface area contributed by atoms with Gasteiger partial charge in [-0.05, 0) is 36.4 Å². The Labute approximate surface area is 180 Å². The van der Waals surface area contributed by atoms with E-state index >= 15 is 0 Å². The van der Waals surface area contributed by atoms with Crippen LogP contribution in [0.5, 0.6) is 0 Å². The number of halogens is 5. The van der Waals surface area contributed by atoms with Crippen LogP contribution in [0.15, 0.2) is 48.8 Å². The van der Waals surface area contributed by atoms with Crippen LogP contribution in [0, 0.1) is 11.6 Å². The van der Waals surface area contributed by atoms with Crippen molar-refractivity contribution in [1.29, 1.82) is 0 Å². The molecule has 168 valence electrons. The van der Waals surface area contributed by atoms with E-state index in [-0.39, 0.29) is 28.2 Å². The summed E-state index contributed by atoms with van der Waals surface area (Å²) in [6.45, 7) is 0. The molecule has 0 aliphatic heterocycles. The van der Waals surface area contributed by atoms with Crippen LogP contribution in [0.1, 0.15) is 26.5 Å². The van der Waals surface area contributed by atoms with Crippen molar-refractivity contribution in [3.8, 4) is 5.82 Å². The molecule has 33 heavy (non-hydrogen) atoms. The molecule has 0 aliphatic carbocycles. The second-order valence-electron chi connectivity index (χ2n) is 6.62. The minimum absolute atomic E-state index is 0.0831. The largest absolute Gasteiger partial charge is 0.478 e. The summed E-state index contributed by atoms with van der Waals surface area (Å²) in [6.07, 6.45) is -3.09. The molecule has 0 spiro atoms. The third kappa shape index (κ3) is 4.20. The number of fused-ring (bicyclic) bond motifs is 1. The quantitative estimate of drug-likeness (QED) is 0.442. The molecule has 4 aromatic rings. The molecule has 2 aromatic carbocycles. The van der Waals surface area contributed by atoms with Crippen LogP contribution in [0.3, 0.4) is 0 Å². The molecule has 0 fully saturated rings. The number of aromatic carboxylic acids is 1. The highest BCUT2D eigenvalue weighted by Gasteiger charge is 2.38. The third-order valence-corrected chi connectivity index (χ3v) is 4.44. The third-order valence-electron chi connectivity index (χ3n) is 4.44. The lowest BCUT2D eigenvalue weighted by molar-refractivity contribution is -0.145. The van der Waals surface area contributed by atoms with E-state index in [9.17, 15) is 31.5 Å². The smallest absolute Gasteiger partial charge is 0.450 e. The maximum Gasteiger partial charge on any atom is 0.450 e. The number of carboxylic acids is 1. The number of carboxylic acid groups (broad SMARTS) is 1. The van der Waals surface area contributed by atoms with Crippen molar-refractivity contribution in [3.05, 3.63) is 77.4 Å². The summed E-state index contributed by atoms with van der Waals surface area (Å²) in [5.41, 5.74) is -1.17. The van der Waals surface area contributed by atoms with Crippen LogP contribution in [-0.4, -0.2) is 36.5 Å². The number of anilines is 1. The predicted molar refractivity (Wildman–Crippen MR) is 103 cm³/mol. The summed E-state index contributed by atoms with van der Waals surface area (Å²) in [6, 6.07) is 5.50. The number of alkyl halides is 3. The van der Waals surface area contributed by atoms with Gasteiger partial charge in [0.05, 0.1) is 34.6 Å². The van der Waals surface area contributed by atoms with Crippen LogP contribution >= 0.6 is 0 Å². The van der Waals surface area contributed by atoms with Crippen molar-refractivity contribution >= 4 is 28.7 Å². The molecule has 13 heteroatoms. The fraction of sp³-hybridized carbons (Fsp3) is 0.0500. The van der Waals surface area contributed by atoms with Gasteiger partial charge >= 0.3 is 12.1 Å². The molecular weight excluding hydrogens is 453 g/mol. The zero-order chi connectivity index (χ0) is 23.9. The van der Waals surface area contributed by atoms with Gasteiger partial charge in [0, 0.05) is 0 Å². The number of nitrogens with zero attached hydrogens (tertiary/aromatic N) is 4. The molecule has 2 N–H and O–H groups in total. The lowest BCUT2D eigenvalue weighted by Crippen LogP contribution is -2.17. The molecule has 0 saturated carbocycles. The minimum atomic E-state index is -4.91. The molecule has 2 heterocycles. The monoisotopic (exact) mass is 463 g/mol. The lowest BCUT2D eigenvalue weighted by atomic mass is 10.2. The highest BCUT2D eigenvalue weighted by Crippen LogP contribution is 2.33. The van der Waals surface area contributed by atoms with E-state index in [4.69, 9.17) is 5.11 Å². The first-order valence-corrected chi connectivity index (χ1v) is 8.96. The summed E-state index contributed by atoms with van der Waals surface area (Å²) in [5, 5.41) is 11.2. The number of benzene rings is 2. The Morgan fingerprint density at radius 3 is 2.39 bits per heavy atom. The molecule has 0 saturated heterocycles. The number of hydrogen-bond acceptors (Lipinski definition) is 5. The van der Waals surface area contributed by atoms with E-state index in [0.717, 1.165) is 42.7 Å². The molecule has 0 aliphatic rings. The Morgan fingerprint density at radius 1 is 1.00 bits per heavy atom. The topological polar surface area (TPSA) is 110 Å². The Kier molecular flexibility index (Phi) is 5.24. The molecule has 1 amide bonds. The van der Waals surface area contributed by atoms with Gasteiger partial charge in [-0.2, -0.15) is 13.2 Å². The van der Waals surface area contributed by atoms with Gasteiger partial charge in [-0.1, -0.05) is 0 Å². The first kappa shape index (κ1) is 21.8. The van der Waals surface area contributed by atoms with Gasteiger partial charge in [0.15, 0.2) is 11.6 Å².